The van der Waals surface area contributed by atoms with Crippen molar-refractivity contribution in [3.63, 3.8) is 0 Å². The van der Waals surface area contributed by atoms with E-state index in [1.807, 2.05) is 11.0 Å². The van der Waals surface area contributed by atoms with Crippen molar-refractivity contribution in [1.82, 2.24) is 24.8 Å². The first kappa shape index (κ1) is 23.3. The average Bonchev–Trinajstić information content (AvgIpc) is 3.54. The van der Waals surface area contributed by atoms with Gasteiger partial charge in [-0.25, -0.2) is 0 Å². The van der Waals surface area contributed by atoms with E-state index < -0.39 is 11.0 Å². The van der Waals surface area contributed by atoms with Gasteiger partial charge in [0.2, 0.25) is 5.91 Å². The Labute approximate surface area is 201 Å². The molecule has 3 aliphatic rings. The summed E-state index contributed by atoms with van der Waals surface area (Å²) in [6.07, 6.45) is 7.91. The van der Waals surface area contributed by atoms with E-state index in [0.717, 1.165) is 43.2 Å². The lowest BCUT2D eigenvalue weighted by atomic mass is 9.57. The van der Waals surface area contributed by atoms with E-state index in [1.54, 1.807) is 19.5 Å². The van der Waals surface area contributed by atoms with E-state index >= 15 is 0 Å². The third-order valence-corrected chi connectivity index (χ3v) is 8.71. The number of methoxy groups -OCH3 is 1. The number of fused-ring (bicyclic) bond motifs is 1. The van der Waals surface area contributed by atoms with Crippen molar-refractivity contribution >= 4 is 5.91 Å². The number of hydrogen-bond donors (Lipinski definition) is 1. The molecular formula is C26H37N5O3. The van der Waals surface area contributed by atoms with Gasteiger partial charge in [-0.05, 0) is 81.7 Å². The van der Waals surface area contributed by atoms with Crippen molar-refractivity contribution in [2.75, 3.05) is 33.3 Å². The summed E-state index contributed by atoms with van der Waals surface area (Å²) in [7, 11) is 1.69. The lowest BCUT2D eigenvalue weighted by molar-refractivity contribution is -0.138. The fourth-order valence-electron chi connectivity index (χ4n) is 6.40. The van der Waals surface area contributed by atoms with E-state index in [2.05, 4.69) is 41.1 Å². The van der Waals surface area contributed by atoms with Crippen LogP contribution in [-0.2, 0) is 16.8 Å². The second kappa shape index (κ2) is 8.96. The number of rotatable bonds is 6. The lowest BCUT2D eigenvalue weighted by Gasteiger charge is -2.57. The van der Waals surface area contributed by atoms with Gasteiger partial charge in [-0.3, -0.25) is 9.69 Å². The first-order valence-electron chi connectivity index (χ1n) is 12.6. The van der Waals surface area contributed by atoms with Crippen LogP contribution in [0.3, 0.4) is 0 Å². The largest absolute Gasteiger partial charge is 0.497 e. The van der Waals surface area contributed by atoms with E-state index in [9.17, 15) is 9.90 Å². The van der Waals surface area contributed by atoms with Crippen molar-refractivity contribution in [3.05, 3.63) is 41.7 Å². The van der Waals surface area contributed by atoms with E-state index in [4.69, 9.17) is 4.74 Å². The minimum atomic E-state index is -0.948. The smallest absolute Gasteiger partial charge is 0.246 e. The maximum absolute atomic E-state index is 13.1. The van der Waals surface area contributed by atoms with Gasteiger partial charge in [0, 0.05) is 31.1 Å². The predicted octanol–water partition coefficient (Wildman–Crippen LogP) is 2.39. The molecule has 0 bridgehead atoms. The molecule has 3 heterocycles. The molecule has 3 unspecified atom stereocenters. The first-order chi connectivity index (χ1) is 16.4. The number of amides is 1. The van der Waals surface area contributed by atoms with Crippen molar-refractivity contribution in [2.45, 2.75) is 69.6 Å². The summed E-state index contributed by atoms with van der Waals surface area (Å²) in [4.78, 5) is 19.0. The highest BCUT2D eigenvalue weighted by Crippen LogP contribution is 2.53. The quantitative estimate of drug-likeness (QED) is 0.702. The number of hydrogen-bond acceptors (Lipinski definition) is 6. The number of benzene rings is 1. The molecule has 1 amide bonds. The standard InChI is InChI=1S/C26H37N5O3/c1-19-4-7-22(34-3)16-23(19)25-8-13-29(24(32)18-31-27-11-12-28-31)15-10-26(25,33)20(2)30(14-9-25)17-21-5-6-21/h4,7,11-12,16,20-21,33H,5-6,8-10,13-15,17-18H2,1-3H3. The van der Waals surface area contributed by atoms with Crippen LogP contribution < -0.4 is 4.74 Å². The van der Waals surface area contributed by atoms with Crippen LogP contribution in [0.4, 0.5) is 0 Å². The number of likely N-dealkylation sites (tertiary alicyclic amines) is 2. The minimum Gasteiger partial charge on any atom is -0.497 e. The highest BCUT2D eigenvalue weighted by atomic mass is 16.5. The lowest BCUT2D eigenvalue weighted by Crippen LogP contribution is -2.68. The third-order valence-electron chi connectivity index (χ3n) is 8.71. The van der Waals surface area contributed by atoms with Crippen molar-refractivity contribution in [1.29, 1.82) is 0 Å². The molecule has 2 saturated heterocycles. The Bertz CT molecular complexity index is 1020. The van der Waals surface area contributed by atoms with Crippen molar-refractivity contribution in [3.8, 4) is 5.75 Å². The second-order valence-corrected chi connectivity index (χ2v) is 10.5. The monoisotopic (exact) mass is 467 g/mol. The Morgan fingerprint density at radius 1 is 1.15 bits per heavy atom. The van der Waals surface area contributed by atoms with Crippen LogP contribution >= 0.6 is 0 Å². The summed E-state index contributed by atoms with van der Waals surface area (Å²) >= 11 is 0. The predicted molar refractivity (Wildman–Crippen MR) is 129 cm³/mol. The zero-order valence-electron chi connectivity index (χ0n) is 20.6. The summed E-state index contributed by atoms with van der Waals surface area (Å²) in [5.74, 6) is 1.58. The molecule has 2 aliphatic heterocycles. The fraction of sp³-hybridized carbons (Fsp3) is 0.654. The van der Waals surface area contributed by atoms with Gasteiger partial charge in [-0.1, -0.05) is 6.07 Å². The zero-order chi connectivity index (χ0) is 23.9. The SMILES string of the molecule is COc1ccc(C)c(C23CCN(C(=O)Cn4nccn4)CCC2(O)C(C)N(CC2CC2)CC3)c1. The molecule has 0 spiro atoms. The molecule has 5 rings (SSSR count). The van der Waals surface area contributed by atoms with Crippen molar-refractivity contribution in [2.24, 2.45) is 5.92 Å². The topological polar surface area (TPSA) is 83.7 Å². The van der Waals surface area contributed by atoms with Crippen LogP contribution in [0.25, 0.3) is 0 Å². The van der Waals surface area contributed by atoms with Crippen molar-refractivity contribution < 1.29 is 14.6 Å². The molecule has 8 heteroatoms. The Kier molecular flexibility index (Phi) is 6.14. The number of aliphatic hydroxyl groups is 1. The number of carbonyl (C=O) groups excluding carboxylic acids is 1. The molecule has 3 fully saturated rings. The molecule has 3 atom stereocenters. The highest BCUT2D eigenvalue weighted by Gasteiger charge is 2.59. The van der Waals surface area contributed by atoms with Gasteiger partial charge >= 0.3 is 0 Å². The van der Waals surface area contributed by atoms with E-state index in [1.165, 1.54) is 23.2 Å². The summed E-state index contributed by atoms with van der Waals surface area (Å²) in [6.45, 7) is 7.60. The van der Waals surface area contributed by atoms with E-state index in [0.29, 0.717) is 19.5 Å². The van der Waals surface area contributed by atoms with Gasteiger partial charge in [0.15, 0.2) is 0 Å². The number of ether oxygens (including phenoxy) is 1. The summed E-state index contributed by atoms with van der Waals surface area (Å²) in [5, 5.41) is 20.8. The molecule has 1 aromatic heterocycles. The van der Waals surface area contributed by atoms with Gasteiger partial charge < -0.3 is 14.7 Å². The number of aryl methyl sites for hydroxylation is 1. The van der Waals surface area contributed by atoms with Crippen LogP contribution in [0.5, 0.6) is 5.75 Å². The normalized spacial score (nSPS) is 30.0. The van der Waals surface area contributed by atoms with E-state index in [-0.39, 0.29) is 18.5 Å². The molecule has 0 radical (unpaired) electrons. The minimum absolute atomic E-state index is 0.00143. The van der Waals surface area contributed by atoms with Gasteiger partial charge in [0.25, 0.3) is 0 Å². The molecule has 184 valence electrons. The Balaban J connectivity index is 1.50. The second-order valence-electron chi connectivity index (χ2n) is 10.5. The molecular weight excluding hydrogens is 430 g/mol. The van der Waals surface area contributed by atoms with Gasteiger partial charge in [0.05, 0.1) is 25.1 Å². The van der Waals surface area contributed by atoms with Crippen LogP contribution in [-0.4, -0.2) is 80.7 Å². The van der Waals surface area contributed by atoms with Crippen LogP contribution in [0.15, 0.2) is 30.6 Å². The number of piperidine rings is 1. The fourth-order valence-corrected chi connectivity index (χ4v) is 6.40. The van der Waals surface area contributed by atoms with Gasteiger partial charge in [-0.15, -0.1) is 0 Å². The third kappa shape index (κ3) is 4.01. The maximum Gasteiger partial charge on any atom is 0.246 e. The summed E-state index contributed by atoms with van der Waals surface area (Å²) in [5.41, 5.74) is 0.943. The maximum atomic E-state index is 13.1. The van der Waals surface area contributed by atoms with Gasteiger partial charge in [0.1, 0.15) is 12.3 Å². The highest BCUT2D eigenvalue weighted by molar-refractivity contribution is 5.75. The van der Waals surface area contributed by atoms with Gasteiger partial charge in [-0.2, -0.15) is 15.0 Å². The summed E-state index contributed by atoms with van der Waals surface area (Å²) in [6, 6.07) is 6.22. The molecule has 1 aliphatic carbocycles. The Morgan fingerprint density at radius 2 is 1.85 bits per heavy atom. The Morgan fingerprint density at radius 3 is 2.56 bits per heavy atom. The first-order valence-corrected chi connectivity index (χ1v) is 12.6. The van der Waals surface area contributed by atoms with Crippen LogP contribution in [0, 0.1) is 12.8 Å². The molecule has 34 heavy (non-hydrogen) atoms. The molecule has 1 saturated carbocycles. The molecule has 8 nitrogen and oxygen atoms in total. The molecule has 2 aromatic rings. The summed E-state index contributed by atoms with van der Waals surface area (Å²) < 4.78 is 5.59. The number of aromatic nitrogens is 3. The molecule has 1 N–H and O–H groups in total. The number of nitrogens with zero attached hydrogens (tertiary/aromatic N) is 5. The Hall–Kier alpha value is -2.45. The zero-order valence-corrected chi connectivity index (χ0v) is 20.6. The average molecular weight is 468 g/mol. The number of carbonyl (C=O) groups is 1. The van der Waals surface area contributed by atoms with Crippen LogP contribution in [0.2, 0.25) is 0 Å². The van der Waals surface area contributed by atoms with Crippen LogP contribution in [0.1, 0.15) is 50.2 Å². The molecule has 1 aromatic carbocycles.